The number of nitrogens with one attached hydrogen (secondary N) is 1. The van der Waals surface area contributed by atoms with Crippen LogP contribution in [0.25, 0.3) is 0 Å². The van der Waals surface area contributed by atoms with Gasteiger partial charge >= 0.3 is 0 Å². The summed E-state index contributed by atoms with van der Waals surface area (Å²) in [5.41, 5.74) is 0.682. The van der Waals surface area contributed by atoms with Gasteiger partial charge in [0.2, 0.25) is 10.0 Å². The van der Waals surface area contributed by atoms with Crippen LogP contribution in [0.2, 0.25) is 5.02 Å². The lowest BCUT2D eigenvalue weighted by Gasteiger charge is -2.18. The van der Waals surface area contributed by atoms with Crippen molar-refractivity contribution in [3.05, 3.63) is 28.8 Å². The number of nitrogens with zero attached hydrogens (tertiary/aromatic N) is 1. The standard InChI is InChI=1S/C14H21ClN2O3S/c1-4-5-6-9-16-14(18)11-7-8-12(15)13(10-11)17(2)21(3,19)20/h7-8,10H,4-6,9H2,1-3H3,(H,16,18). The SMILES string of the molecule is CCCCCNC(=O)c1ccc(Cl)c(N(C)S(C)(=O)=O)c1. The Hall–Kier alpha value is -1.27. The van der Waals surface area contributed by atoms with Gasteiger partial charge in [-0.05, 0) is 24.6 Å². The minimum atomic E-state index is -3.43. The van der Waals surface area contributed by atoms with Gasteiger partial charge in [0.25, 0.3) is 5.91 Å². The highest BCUT2D eigenvalue weighted by molar-refractivity contribution is 7.92. The third-order valence-corrected chi connectivity index (χ3v) is 4.62. The number of rotatable bonds is 7. The maximum Gasteiger partial charge on any atom is 0.251 e. The fourth-order valence-electron chi connectivity index (χ4n) is 1.75. The Bertz CT molecular complexity index is 602. The lowest BCUT2D eigenvalue weighted by molar-refractivity contribution is 0.0953. The van der Waals surface area contributed by atoms with E-state index < -0.39 is 10.0 Å². The van der Waals surface area contributed by atoms with Crippen molar-refractivity contribution < 1.29 is 13.2 Å². The third-order valence-electron chi connectivity index (χ3n) is 3.11. The van der Waals surface area contributed by atoms with Gasteiger partial charge in [0.05, 0.1) is 17.0 Å². The number of benzene rings is 1. The van der Waals surface area contributed by atoms with Crippen molar-refractivity contribution >= 4 is 33.2 Å². The quantitative estimate of drug-likeness (QED) is 0.781. The Morgan fingerprint density at radius 3 is 2.57 bits per heavy atom. The van der Waals surface area contributed by atoms with Crippen LogP contribution in [0.3, 0.4) is 0 Å². The lowest BCUT2D eigenvalue weighted by Crippen LogP contribution is -2.27. The zero-order chi connectivity index (χ0) is 16.0. The van der Waals surface area contributed by atoms with Crippen LogP contribution in [0.5, 0.6) is 0 Å². The van der Waals surface area contributed by atoms with E-state index in [0.29, 0.717) is 17.8 Å². The molecule has 0 bridgehead atoms. The van der Waals surface area contributed by atoms with Crippen LogP contribution in [-0.4, -0.2) is 34.2 Å². The first-order chi connectivity index (χ1) is 9.77. The fraction of sp³-hybridized carbons (Fsp3) is 0.500. The van der Waals surface area contributed by atoms with Gasteiger partial charge < -0.3 is 5.32 Å². The summed E-state index contributed by atoms with van der Waals surface area (Å²) in [5.74, 6) is -0.231. The lowest BCUT2D eigenvalue weighted by atomic mass is 10.2. The Morgan fingerprint density at radius 2 is 2.00 bits per heavy atom. The monoisotopic (exact) mass is 332 g/mol. The molecule has 0 saturated carbocycles. The van der Waals surface area contributed by atoms with Crippen LogP contribution >= 0.6 is 11.6 Å². The number of amides is 1. The minimum Gasteiger partial charge on any atom is -0.352 e. The van der Waals surface area contributed by atoms with E-state index in [4.69, 9.17) is 11.6 Å². The second kappa shape index (κ2) is 7.66. The molecule has 0 aromatic heterocycles. The van der Waals surface area contributed by atoms with Gasteiger partial charge in [0.1, 0.15) is 0 Å². The van der Waals surface area contributed by atoms with Crippen LogP contribution in [0.15, 0.2) is 18.2 Å². The molecule has 0 radical (unpaired) electrons. The predicted molar refractivity (Wildman–Crippen MR) is 86.6 cm³/mol. The molecule has 1 rings (SSSR count). The summed E-state index contributed by atoms with van der Waals surface area (Å²) in [6, 6.07) is 4.59. The summed E-state index contributed by atoms with van der Waals surface area (Å²) in [5, 5.41) is 3.09. The summed E-state index contributed by atoms with van der Waals surface area (Å²) >= 11 is 6.01. The first kappa shape index (κ1) is 17.8. The summed E-state index contributed by atoms with van der Waals surface area (Å²) in [6.07, 6.45) is 4.15. The third kappa shape index (κ3) is 5.21. The Balaban J connectivity index is 2.89. The van der Waals surface area contributed by atoms with Crippen LogP contribution in [0.4, 0.5) is 5.69 Å². The van der Waals surface area contributed by atoms with Gasteiger partial charge in [-0.2, -0.15) is 0 Å². The predicted octanol–water partition coefficient (Wildman–Crippen LogP) is 2.66. The number of halogens is 1. The maximum atomic E-state index is 12.0. The molecule has 0 aliphatic carbocycles. The van der Waals surface area contributed by atoms with Gasteiger partial charge in [-0.25, -0.2) is 8.42 Å². The maximum absolute atomic E-state index is 12.0. The number of anilines is 1. The van der Waals surface area contributed by atoms with E-state index in [-0.39, 0.29) is 10.9 Å². The molecule has 0 aliphatic heterocycles. The molecular weight excluding hydrogens is 312 g/mol. The zero-order valence-electron chi connectivity index (χ0n) is 12.5. The normalized spacial score (nSPS) is 11.2. The number of unbranched alkanes of at least 4 members (excludes halogenated alkanes) is 2. The molecule has 1 aromatic carbocycles. The van der Waals surface area contributed by atoms with Crippen molar-refractivity contribution in [2.45, 2.75) is 26.2 Å². The number of carbonyl (C=O) groups is 1. The average molecular weight is 333 g/mol. The molecule has 21 heavy (non-hydrogen) atoms. The van der Waals surface area contributed by atoms with Crippen LogP contribution < -0.4 is 9.62 Å². The molecule has 5 nitrogen and oxygen atoms in total. The molecule has 0 spiro atoms. The highest BCUT2D eigenvalue weighted by Crippen LogP contribution is 2.27. The second-order valence-corrected chi connectivity index (χ2v) is 7.28. The number of hydrogen-bond acceptors (Lipinski definition) is 3. The van der Waals surface area contributed by atoms with E-state index in [9.17, 15) is 13.2 Å². The van der Waals surface area contributed by atoms with Crippen molar-refractivity contribution in [2.24, 2.45) is 0 Å². The average Bonchev–Trinajstić information content (AvgIpc) is 2.42. The Labute approximate surface area is 131 Å². The molecule has 118 valence electrons. The van der Waals surface area contributed by atoms with Gasteiger partial charge in [-0.3, -0.25) is 9.10 Å². The van der Waals surface area contributed by atoms with Gasteiger partial charge in [0, 0.05) is 19.2 Å². The Morgan fingerprint density at radius 1 is 1.33 bits per heavy atom. The first-order valence-electron chi connectivity index (χ1n) is 6.79. The largest absolute Gasteiger partial charge is 0.352 e. The van der Waals surface area contributed by atoms with Gasteiger partial charge in [0.15, 0.2) is 0 Å². The van der Waals surface area contributed by atoms with E-state index in [0.717, 1.165) is 29.8 Å². The van der Waals surface area contributed by atoms with Crippen molar-refractivity contribution in [3.8, 4) is 0 Å². The summed E-state index contributed by atoms with van der Waals surface area (Å²) in [6.45, 7) is 2.70. The van der Waals surface area contributed by atoms with Crippen LogP contribution in [0, 0.1) is 0 Å². The van der Waals surface area contributed by atoms with E-state index >= 15 is 0 Å². The molecule has 1 aromatic rings. The van der Waals surface area contributed by atoms with Gasteiger partial charge in [-0.1, -0.05) is 31.4 Å². The molecule has 7 heteroatoms. The fourth-order valence-corrected chi connectivity index (χ4v) is 2.56. The number of hydrogen-bond donors (Lipinski definition) is 1. The van der Waals surface area contributed by atoms with Crippen molar-refractivity contribution in [1.29, 1.82) is 0 Å². The highest BCUT2D eigenvalue weighted by atomic mass is 35.5. The molecule has 0 saturated heterocycles. The Kier molecular flexibility index (Phi) is 6.48. The van der Waals surface area contributed by atoms with Gasteiger partial charge in [-0.15, -0.1) is 0 Å². The van der Waals surface area contributed by atoms with E-state index in [1.165, 1.54) is 19.2 Å². The molecule has 0 heterocycles. The smallest absolute Gasteiger partial charge is 0.251 e. The first-order valence-corrected chi connectivity index (χ1v) is 9.01. The van der Waals surface area contributed by atoms with Crippen molar-refractivity contribution in [1.82, 2.24) is 5.32 Å². The van der Waals surface area contributed by atoms with Crippen molar-refractivity contribution in [3.63, 3.8) is 0 Å². The molecule has 0 unspecified atom stereocenters. The number of sulfonamides is 1. The molecule has 1 N–H and O–H groups in total. The van der Waals surface area contributed by atoms with Crippen molar-refractivity contribution in [2.75, 3.05) is 24.2 Å². The van der Waals surface area contributed by atoms with E-state index in [1.807, 2.05) is 0 Å². The van der Waals surface area contributed by atoms with E-state index in [2.05, 4.69) is 12.2 Å². The topological polar surface area (TPSA) is 66.5 Å². The molecule has 0 fully saturated rings. The van der Waals surface area contributed by atoms with Crippen LogP contribution in [-0.2, 0) is 10.0 Å². The summed E-state index contributed by atoms with van der Waals surface area (Å²) in [4.78, 5) is 12.0. The molecular formula is C14H21ClN2O3S. The zero-order valence-corrected chi connectivity index (χ0v) is 14.1. The second-order valence-electron chi connectivity index (χ2n) is 4.86. The number of carbonyl (C=O) groups excluding carboxylic acids is 1. The molecule has 1 amide bonds. The summed E-state index contributed by atoms with van der Waals surface area (Å²) in [7, 11) is -2.03. The molecule has 0 atom stereocenters. The summed E-state index contributed by atoms with van der Waals surface area (Å²) < 4.78 is 24.2. The minimum absolute atomic E-state index is 0.231. The molecule has 0 aliphatic rings. The van der Waals surface area contributed by atoms with E-state index in [1.54, 1.807) is 6.07 Å². The van der Waals surface area contributed by atoms with Crippen LogP contribution in [0.1, 0.15) is 36.5 Å². The highest BCUT2D eigenvalue weighted by Gasteiger charge is 2.17.